The van der Waals surface area contributed by atoms with Crippen LogP contribution >= 0.6 is 11.6 Å². The van der Waals surface area contributed by atoms with Gasteiger partial charge in [0, 0.05) is 18.0 Å². The molecule has 1 heterocycles. The molecule has 0 unspecified atom stereocenters. The number of halogens is 1. The second-order valence-corrected chi connectivity index (χ2v) is 4.78. The summed E-state index contributed by atoms with van der Waals surface area (Å²) in [5, 5.41) is 12.0. The molecule has 0 bridgehead atoms. The normalized spacial score (nSPS) is 10.8. The van der Waals surface area contributed by atoms with E-state index in [1.54, 1.807) is 25.3 Å². The Bertz CT molecular complexity index is 557. The van der Waals surface area contributed by atoms with Crippen molar-refractivity contribution in [3.63, 3.8) is 0 Å². The zero-order valence-corrected chi connectivity index (χ0v) is 12.4. The van der Waals surface area contributed by atoms with Gasteiger partial charge in [-0.25, -0.2) is 0 Å². The van der Waals surface area contributed by atoms with E-state index >= 15 is 0 Å². The molecule has 0 aliphatic heterocycles. The van der Waals surface area contributed by atoms with Crippen molar-refractivity contribution >= 4 is 11.6 Å². The highest BCUT2D eigenvalue weighted by Gasteiger charge is 2.13. The van der Waals surface area contributed by atoms with Crippen LogP contribution in [0.15, 0.2) is 22.6 Å². The van der Waals surface area contributed by atoms with Crippen LogP contribution in [-0.2, 0) is 6.42 Å². The fraction of sp³-hybridized carbons (Fsp3) is 0.429. The van der Waals surface area contributed by atoms with Crippen molar-refractivity contribution < 1.29 is 9.15 Å². The zero-order chi connectivity index (χ0) is 14.4. The smallest absolute Gasteiger partial charge is 0.251 e. The molecule has 2 aromatic rings. The summed E-state index contributed by atoms with van der Waals surface area (Å²) in [5.41, 5.74) is 0.709. The highest BCUT2D eigenvalue weighted by Crippen LogP contribution is 2.31. The average molecular weight is 296 g/mol. The van der Waals surface area contributed by atoms with E-state index in [1.165, 1.54) is 0 Å². The third-order valence-electron chi connectivity index (χ3n) is 2.80. The molecule has 1 N–H and O–H groups in total. The molecule has 0 radical (unpaired) electrons. The van der Waals surface area contributed by atoms with Crippen molar-refractivity contribution in [1.82, 2.24) is 15.5 Å². The largest absolute Gasteiger partial charge is 0.496 e. The summed E-state index contributed by atoms with van der Waals surface area (Å²) in [4.78, 5) is 0. The van der Waals surface area contributed by atoms with Gasteiger partial charge in [-0.15, -0.1) is 10.2 Å². The van der Waals surface area contributed by atoms with Crippen molar-refractivity contribution in [2.45, 2.75) is 19.8 Å². The molecule has 20 heavy (non-hydrogen) atoms. The summed E-state index contributed by atoms with van der Waals surface area (Å²) < 4.78 is 10.9. The highest BCUT2D eigenvalue weighted by atomic mass is 35.5. The van der Waals surface area contributed by atoms with Gasteiger partial charge in [0.2, 0.25) is 5.89 Å². The van der Waals surface area contributed by atoms with E-state index in [9.17, 15) is 0 Å². The Morgan fingerprint density at radius 3 is 2.90 bits per heavy atom. The van der Waals surface area contributed by atoms with Gasteiger partial charge in [-0.05, 0) is 31.2 Å². The predicted octanol–water partition coefficient (Wildman–Crippen LogP) is 2.94. The van der Waals surface area contributed by atoms with E-state index in [-0.39, 0.29) is 0 Å². The first-order chi connectivity index (χ1) is 9.74. The van der Waals surface area contributed by atoms with Gasteiger partial charge < -0.3 is 14.5 Å². The Morgan fingerprint density at radius 2 is 2.15 bits per heavy atom. The van der Waals surface area contributed by atoms with E-state index in [0.717, 1.165) is 19.5 Å². The highest BCUT2D eigenvalue weighted by molar-refractivity contribution is 6.30. The first kappa shape index (κ1) is 14.8. The lowest BCUT2D eigenvalue weighted by molar-refractivity contribution is 0.413. The molecule has 0 spiro atoms. The molecule has 6 heteroatoms. The van der Waals surface area contributed by atoms with Crippen LogP contribution in [0.1, 0.15) is 19.2 Å². The fourth-order valence-electron chi connectivity index (χ4n) is 1.81. The van der Waals surface area contributed by atoms with Crippen molar-refractivity contribution in [1.29, 1.82) is 0 Å². The van der Waals surface area contributed by atoms with Gasteiger partial charge in [-0.2, -0.15) is 0 Å². The SMILES string of the molecule is CCCNCCc1nnc(-c2cc(Cl)ccc2OC)o1. The second-order valence-electron chi connectivity index (χ2n) is 4.35. The molecule has 0 saturated carbocycles. The standard InChI is InChI=1S/C14H18ClN3O2/c1-3-7-16-8-6-13-17-18-14(20-13)11-9-10(15)4-5-12(11)19-2/h4-5,9,16H,3,6-8H2,1-2H3. The minimum atomic E-state index is 0.426. The number of hydrogen-bond acceptors (Lipinski definition) is 5. The molecule has 1 aromatic heterocycles. The van der Waals surface area contributed by atoms with Crippen molar-refractivity contribution in [2.24, 2.45) is 0 Å². The summed E-state index contributed by atoms with van der Waals surface area (Å²) in [5.74, 6) is 1.69. The lowest BCUT2D eigenvalue weighted by atomic mass is 10.2. The number of rotatable bonds is 7. The Morgan fingerprint density at radius 1 is 1.30 bits per heavy atom. The van der Waals surface area contributed by atoms with E-state index in [0.29, 0.717) is 34.5 Å². The molecule has 5 nitrogen and oxygen atoms in total. The molecular formula is C14H18ClN3O2. The average Bonchev–Trinajstić information content (AvgIpc) is 2.92. The van der Waals surface area contributed by atoms with Crippen molar-refractivity contribution in [3.8, 4) is 17.2 Å². The molecule has 0 fully saturated rings. The number of nitrogens with zero attached hydrogens (tertiary/aromatic N) is 2. The van der Waals surface area contributed by atoms with Crippen LogP contribution in [-0.4, -0.2) is 30.4 Å². The number of hydrogen-bond donors (Lipinski definition) is 1. The Hall–Kier alpha value is -1.59. The van der Waals surface area contributed by atoms with Crippen LogP contribution in [0, 0.1) is 0 Å². The maximum Gasteiger partial charge on any atom is 0.251 e. The summed E-state index contributed by atoms with van der Waals surface area (Å²) in [7, 11) is 1.60. The lowest BCUT2D eigenvalue weighted by Crippen LogP contribution is -2.17. The molecule has 0 atom stereocenters. The molecular weight excluding hydrogens is 278 g/mol. The lowest BCUT2D eigenvalue weighted by Gasteiger charge is -2.04. The minimum absolute atomic E-state index is 0.426. The monoisotopic (exact) mass is 295 g/mol. The van der Waals surface area contributed by atoms with E-state index in [1.807, 2.05) is 0 Å². The zero-order valence-electron chi connectivity index (χ0n) is 11.6. The van der Waals surface area contributed by atoms with E-state index < -0.39 is 0 Å². The molecule has 0 aliphatic carbocycles. The maximum absolute atomic E-state index is 5.99. The van der Waals surface area contributed by atoms with E-state index in [2.05, 4.69) is 22.4 Å². The van der Waals surface area contributed by atoms with Gasteiger partial charge in [0.15, 0.2) is 0 Å². The van der Waals surface area contributed by atoms with Gasteiger partial charge in [-0.3, -0.25) is 0 Å². The first-order valence-electron chi connectivity index (χ1n) is 6.61. The third kappa shape index (κ3) is 3.71. The second kappa shape index (κ2) is 7.26. The van der Waals surface area contributed by atoms with E-state index in [4.69, 9.17) is 20.8 Å². The third-order valence-corrected chi connectivity index (χ3v) is 3.04. The molecule has 0 saturated heterocycles. The van der Waals surface area contributed by atoms with Crippen LogP contribution in [0.5, 0.6) is 5.75 Å². The van der Waals surface area contributed by atoms with Crippen molar-refractivity contribution in [3.05, 3.63) is 29.1 Å². The number of benzene rings is 1. The summed E-state index contributed by atoms with van der Waals surface area (Å²) in [6, 6.07) is 5.30. The first-order valence-corrected chi connectivity index (χ1v) is 6.99. The maximum atomic E-state index is 5.99. The molecule has 0 aliphatic rings. The molecule has 0 amide bonds. The Balaban J connectivity index is 2.10. The molecule has 2 rings (SSSR count). The van der Waals surface area contributed by atoms with Gasteiger partial charge in [0.05, 0.1) is 12.7 Å². The number of nitrogens with one attached hydrogen (secondary N) is 1. The topological polar surface area (TPSA) is 60.2 Å². The Kier molecular flexibility index (Phi) is 5.38. The number of methoxy groups -OCH3 is 1. The van der Waals surface area contributed by atoms with Crippen LogP contribution in [0.3, 0.4) is 0 Å². The van der Waals surface area contributed by atoms with Gasteiger partial charge in [0.1, 0.15) is 5.75 Å². The van der Waals surface area contributed by atoms with Crippen LogP contribution < -0.4 is 10.1 Å². The van der Waals surface area contributed by atoms with Crippen LogP contribution in [0.25, 0.3) is 11.5 Å². The molecule has 1 aromatic carbocycles. The molecule has 108 valence electrons. The van der Waals surface area contributed by atoms with Crippen LogP contribution in [0.2, 0.25) is 5.02 Å². The van der Waals surface area contributed by atoms with Gasteiger partial charge >= 0.3 is 0 Å². The predicted molar refractivity (Wildman–Crippen MR) is 78.2 cm³/mol. The summed E-state index contributed by atoms with van der Waals surface area (Å²) in [6.45, 7) is 3.94. The Labute approximate surface area is 123 Å². The minimum Gasteiger partial charge on any atom is -0.496 e. The number of ether oxygens (including phenoxy) is 1. The summed E-state index contributed by atoms with van der Waals surface area (Å²) in [6.07, 6.45) is 1.81. The van der Waals surface area contributed by atoms with Gasteiger partial charge in [-0.1, -0.05) is 18.5 Å². The fourth-order valence-corrected chi connectivity index (χ4v) is 1.98. The number of aromatic nitrogens is 2. The summed E-state index contributed by atoms with van der Waals surface area (Å²) >= 11 is 5.99. The van der Waals surface area contributed by atoms with Crippen LogP contribution in [0.4, 0.5) is 0 Å². The quantitative estimate of drug-likeness (QED) is 0.796. The van der Waals surface area contributed by atoms with Gasteiger partial charge in [0.25, 0.3) is 5.89 Å². The van der Waals surface area contributed by atoms with Crippen molar-refractivity contribution in [2.75, 3.05) is 20.2 Å².